The lowest BCUT2D eigenvalue weighted by Crippen LogP contribution is -2.50. The van der Waals surface area contributed by atoms with Crippen molar-refractivity contribution in [3.63, 3.8) is 0 Å². The molecule has 0 spiro atoms. The first-order chi connectivity index (χ1) is 10.5. The van der Waals surface area contributed by atoms with E-state index in [9.17, 15) is 33.0 Å². The van der Waals surface area contributed by atoms with Crippen LogP contribution in [0.4, 0.5) is 18.9 Å². The summed E-state index contributed by atoms with van der Waals surface area (Å²) >= 11 is 0. The summed E-state index contributed by atoms with van der Waals surface area (Å²) in [5.41, 5.74) is -2.96. The minimum absolute atomic E-state index is 0.258. The van der Waals surface area contributed by atoms with E-state index in [0.717, 1.165) is 0 Å². The summed E-state index contributed by atoms with van der Waals surface area (Å²) in [6.45, 7) is 1.08. The zero-order chi connectivity index (χ0) is 17.8. The Labute approximate surface area is 127 Å². The number of nitrogens with one attached hydrogen (secondary N) is 1. The molecule has 1 rings (SSSR count). The lowest BCUT2D eigenvalue weighted by molar-refractivity contribution is -0.206. The van der Waals surface area contributed by atoms with Gasteiger partial charge in [0.1, 0.15) is 6.07 Å². The summed E-state index contributed by atoms with van der Waals surface area (Å²) in [4.78, 5) is 26.0. The number of anilines is 1. The molecule has 0 radical (unpaired) electrons. The smallest absolute Gasteiger partial charge is 0.419 e. The van der Waals surface area contributed by atoms with Crippen LogP contribution < -0.4 is 5.32 Å². The van der Waals surface area contributed by atoms with Crippen molar-refractivity contribution in [2.75, 3.05) is 11.9 Å². The maximum absolute atomic E-state index is 12.7. The van der Waals surface area contributed by atoms with Gasteiger partial charge < -0.3 is 20.3 Å². The average molecular weight is 333 g/mol. The van der Waals surface area contributed by atoms with Gasteiger partial charge in [0.25, 0.3) is 5.91 Å². The summed E-state index contributed by atoms with van der Waals surface area (Å²) in [6.07, 6.45) is -4.23. The molecule has 0 fully saturated rings. The van der Waals surface area contributed by atoms with Crippen LogP contribution in [0.5, 0.6) is 0 Å². The molecule has 1 aromatic heterocycles. The highest BCUT2D eigenvalue weighted by Gasteiger charge is 2.44. The molecule has 11 heteroatoms. The molecule has 23 heavy (non-hydrogen) atoms. The van der Waals surface area contributed by atoms with Crippen LogP contribution in [-0.4, -0.2) is 39.5 Å². The Bertz CT molecular complexity index is 667. The largest absolute Gasteiger partial charge is 0.462 e. The van der Waals surface area contributed by atoms with Gasteiger partial charge in [-0.2, -0.15) is 18.4 Å². The number of hydrogen-bond donors (Lipinski definition) is 3. The van der Waals surface area contributed by atoms with Gasteiger partial charge in [-0.15, -0.1) is 0 Å². The van der Waals surface area contributed by atoms with Crippen LogP contribution in [0.1, 0.15) is 18.2 Å². The van der Waals surface area contributed by atoms with Gasteiger partial charge in [0, 0.05) is 0 Å². The Morgan fingerprint density at radius 1 is 1.43 bits per heavy atom. The standard InChI is InChI=1S/C12H10F3N3O5/c1-2-23-10(20)11(21,22)9(19)18-6-3-7(12(13,14)15)8(4-16)17-5-6/h3,5,21-22H,2H2,1H3,(H,18,19). The first-order valence-electron chi connectivity index (χ1n) is 5.94. The molecule has 1 heterocycles. The van der Waals surface area contributed by atoms with Gasteiger partial charge in [-0.3, -0.25) is 4.79 Å². The number of pyridine rings is 1. The minimum atomic E-state index is -4.92. The Kier molecular flexibility index (Phi) is 5.26. The SMILES string of the molecule is CCOC(=O)C(O)(O)C(=O)Nc1cnc(C#N)c(C(F)(F)F)c1. The van der Waals surface area contributed by atoms with E-state index in [0.29, 0.717) is 12.3 Å². The van der Waals surface area contributed by atoms with E-state index in [2.05, 4.69) is 9.72 Å². The number of amides is 1. The van der Waals surface area contributed by atoms with Gasteiger partial charge >= 0.3 is 17.9 Å². The third-order valence-corrected chi connectivity index (χ3v) is 2.43. The third-order valence-electron chi connectivity index (χ3n) is 2.43. The Morgan fingerprint density at radius 3 is 2.52 bits per heavy atom. The second-order valence-corrected chi connectivity index (χ2v) is 4.08. The molecule has 1 aromatic rings. The van der Waals surface area contributed by atoms with Gasteiger partial charge in [-0.25, -0.2) is 9.78 Å². The molecule has 0 saturated heterocycles. The number of aromatic nitrogens is 1. The Hall–Kier alpha value is -2.71. The summed E-state index contributed by atoms with van der Waals surface area (Å²) in [7, 11) is 0. The van der Waals surface area contributed by atoms with Crippen molar-refractivity contribution >= 4 is 17.6 Å². The van der Waals surface area contributed by atoms with E-state index in [4.69, 9.17) is 5.26 Å². The first-order valence-corrected chi connectivity index (χ1v) is 5.94. The summed E-state index contributed by atoms with van der Waals surface area (Å²) in [6, 6.07) is 1.60. The molecule has 0 aliphatic heterocycles. The van der Waals surface area contributed by atoms with Crippen molar-refractivity contribution in [3.8, 4) is 6.07 Å². The molecule has 0 atom stereocenters. The van der Waals surface area contributed by atoms with Gasteiger partial charge in [0.2, 0.25) is 0 Å². The molecule has 124 valence electrons. The molecule has 8 nitrogen and oxygen atoms in total. The molecular weight excluding hydrogens is 323 g/mol. The van der Waals surface area contributed by atoms with E-state index in [1.54, 1.807) is 5.32 Å². The number of ether oxygens (including phenoxy) is 1. The van der Waals surface area contributed by atoms with Gasteiger partial charge in [-0.1, -0.05) is 0 Å². The maximum atomic E-state index is 12.7. The molecule has 0 aliphatic rings. The molecule has 0 aliphatic carbocycles. The van der Waals surface area contributed by atoms with Crippen LogP contribution >= 0.6 is 0 Å². The fourth-order valence-electron chi connectivity index (χ4n) is 1.38. The van der Waals surface area contributed by atoms with Gasteiger partial charge in [0.05, 0.1) is 24.1 Å². The lowest BCUT2D eigenvalue weighted by Gasteiger charge is -2.18. The lowest BCUT2D eigenvalue weighted by atomic mass is 10.1. The van der Waals surface area contributed by atoms with E-state index in [1.165, 1.54) is 13.0 Å². The van der Waals surface area contributed by atoms with E-state index < -0.39 is 40.8 Å². The summed E-state index contributed by atoms with van der Waals surface area (Å²) in [5, 5.41) is 28.9. The number of nitrogens with zero attached hydrogens (tertiary/aromatic N) is 2. The number of alkyl halides is 3. The third kappa shape index (κ3) is 4.15. The number of nitriles is 1. The molecule has 0 saturated carbocycles. The van der Waals surface area contributed by atoms with E-state index >= 15 is 0 Å². The molecule has 1 amide bonds. The van der Waals surface area contributed by atoms with Crippen molar-refractivity contribution in [3.05, 3.63) is 23.5 Å². The van der Waals surface area contributed by atoms with Crippen molar-refractivity contribution in [2.45, 2.75) is 18.9 Å². The zero-order valence-corrected chi connectivity index (χ0v) is 11.5. The predicted octanol–water partition coefficient (Wildman–Crippen LogP) is 0.155. The van der Waals surface area contributed by atoms with Gasteiger partial charge in [-0.05, 0) is 13.0 Å². The van der Waals surface area contributed by atoms with Crippen molar-refractivity contribution in [2.24, 2.45) is 0 Å². The highest BCUT2D eigenvalue weighted by atomic mass is 19.4. The Balaban J connectivity index is 3.09. The molecule has 3 N–H and O–H groups in total. The number of rotatable bonds is 4. The minimum Gasteiger partial charge on any atom is -0.462 e. The topological polar surface area (TPSA) is 133 Å². The van der Waals surface area contributed by atoms with E-state index in [1.807, 2.05) is 0 Å². The maximum Gasteiger partial charge on any atom is 0.419 e. The normalized spacial score (nSPS) is 11.5. The van der Waals surface area contributed by atoms with Crippen LogP contribution in [-0.2, 0) is 20.5 Å². The molecule has 0 aromatic carbocycles. The van der Waals surface area contributed by atoms with Crippen LogP contribution in [0.2, 0.25) is 0 Å². The molecular formula is C12H10F3N3O5. The number of hydrogen-bond acceptors (Lipinski definition) is 7. The zero-order valence-electron chi connectivity index (χ0n) is 11.5. The van der Waals surface area contributed by atoms with Crippen LogP contribution in [0.25, 0.3) is 0 Å². The second kappa shape index (κ2) is 6.59. The number of carbonyl (C=O) groups excluding carboxylic acids is 2. The second-order valence-electron chi connectivity index (χ2n) is 4.08. The molecule has 0 unspecified atom stereocenters. The molecule has 0 bridgehead atoms. The van der Waals surface area contributed by atoms with Crippen molar-refractivity contribution in [1.82, 2.24) is 4.98 Å². The predicted molar refractivity (Wildman–Crippen MR) is 66.4 cm³/mol. The van der Waals surface area contributed by atoms with Crippen molar-refractivity contribution < 1.29 is 37.7 Å². The Morgan fingerprint density at radius 2 is 2.04 bits per heavy atom. The summed E-state index contributed by atoms with van der Waals surface area (Å²) in [5.74, 6) is -7.03. The van der Waals surface area contributed by atoms with Crippen LogP contribution in [0, 0.1) is 11.3 Å². The fourth-order valence-corrected chi connectivity index (χ4v) is 1.38. The monoisotopic (exact) mass is 333 g/mol. The number of carbonyl (C=O) groups is 2. The fraction of sp³-hybridized carbons (Fsp3) is 0.333. The van der Waals surface area contributed by atoms with E-state index in [-0.39, 0.29) is 6.61 Å². The van der Waals surface area contributed by atoms with Crippen LogP contribution in [0.15, 0.2) is 12.3 Å². The van der Waals surface area contributed by atoms with Gasteiger partial charge in [0.15, 0.2) is 5.69 Å². The van der Waals surface area contributed by atoms with Crippen molar-refractivity contribution in [1.29, 1.82) is 5.26 Å². The number of esters is 1. The van der Waals surface area contributed by atoms with Crippen LogP contribution in [0.3, 0.4) is 0 Å². The average Bonchev–Trinajstić information content (AvgIpc) is 2.46. The highest BCUT2D eigenvalue weighted by Crippen LogP contribution is 2.32. The quantitative estimate of drug-likeness (QED) is 0.406. The first kappa shape index (κ1) is 18.3. The highest BCUT2D eigenvalue weighted by molar-refractivity contribution is 6.09. The number of halogens is 3. The summed E-state index contributed by atoms with van der Waals surface area (Å²) < 4.78 is 42.5. The number of aliphatic hydroxyl groups is 2.